The van der Waals surface area contributed by atoms with Gasteiger partial charge in [-0.1, -0.05) is 17.7 Å². The molecule has 0 radical (unpaired) electrons. The van der Waals surface area contributed by atoms with Gasteiger partial charge < -0.3 is 19.3 Å². The van der Waals surface area contributed by atoms with Gasteiger partial charge in [0.15, 0.2) is 5.69 Å². The Morgan fingerprint density at radius 1 is 0.976 bits per heavy atom. The molecule has 14 heteroatoms. The van der Waals surface area contributed by atoms with Gasteiger partial charge in [0.2, 0.25) is 0 Å². The lowest BCUT2D eigenvalue weighted by Crippen LogP contribution is -2.11. The van der Waals surface area contributed by atoms with Crippen molar-refractivity contribution in [1.82, 2.24) is 29.8 Å². The van der Waals surface area contributed by atoms with Crippen molar-refractivity contribution in [2.45, 2.75) is 38.8 Å². The Morgan fingerprint density at radius 2 is 1.59 bits per heavy atom. The molecular weight excluding hydrogens is 552 g/mol. The maximum Gasteiger partial charge on any atom is 0.358 e. The fourth-order valence-electron chi connectivity index (χ4n) is 3.03. The third-order valence-corrected chi connectivity index (χ3v) is 5.81. The zero-order chi connectivity index (χ0) is 36.2. The van der Waals surface area contributed by atoms with Crippen molar-refractivity contribution in [3.05, 3.63) is 64.7 Å². The minimum absolute atomic E-state index is 0.0475. The van der Waals surface area contributed by atoms with Crippen LogP contribution < -0.4 is 0 Å². The fraction of sp³-hybridized carbons (Fsp3) is 0.481. The third kappa shape index (κ3) is 12.6. The second-order valence-corrected chi connectivity index (χ2v) is 10.5. The molecular formula is C27H42N6O7S. The zero-order valence-corrected chi connectivity index (χ0v) is 25.1. The van der Waals surface area contributed by atoms with E-state index in [1.807, 2.05) is 38.0 Å². The number of benzene rings is 1. The van der Waals surface area contributed by atoms with Gasteiger partial charge in [-0.3, -0.25) is 14.0 Å². The van der Waals surface area contributed by atoms with Crippen molar-refractivity contribution in [3.63, 3.8) is 0 Å². The maximum absolute atomic E-state index is 11.7. The quantitative estimate of drug-likeness (QED) is 0.270. The highest BCUT2D eigenvalue weighted by atomic mass is 32.2. The molecule has 2 aromatic heterocycles. The van der Waals surface area contributed by atoms with Gasteiger partial charge in [0.25, 0.3) is 10.1 Å². The molecule has 0 aliphatic rings. The van der Waals surface area contributed by atoms with Crippen LogP contribution in [0, 0.1) is 6.92 Å². The molecule has 0 aliphatic heterocycles. The summed E-state index contributed by atoms with van der Waals surface area (Å²) in [7, 11) is 0.410. The van der Waals surface area contributed by atoms with Crippen molar-refractivity contribution < 1.29 is 39.9 Å². The van der Waals surface area contributed by atoms with Crippen LogP contribution in [0.4, 0.5) is 0 Å². The number of aromatic amines is 1. The molecule has 0 bridgehead atoms. The highest BCUT2D eigenvalue weighted by Crippen LogP contribution is 2.11. The summed E-state index contributed by atoms with van der Waals surface area (Å²) in [5.74, 6) is -1.06. The first-order valence-corrected chi connectivity index (χ1v) is 13.8. The summed E-state index contributed by atoms with van der Waals surface area (Å²) < 4.78 is 79.3. The highest BCUT2D eigenvalue weighted by Gasteiger charge is 2.14. The molecule has 0 fully saturated rings. The Hall–Kier alpha value is -3.59. The minimum Gasteiger partial charge on any atom is -0.461 e. The molecule has 0 aliphatic carbocycles. The van der Waals surface area contributed by atoms with Crippen LogP contribution in [0.2, 0.25) is 0 Å². The molecule has 1 N–H and O–H groups in total. The minimum atomic E-state index is -4.20. The number of aryl methyl sites for hydroxylation is 2. The Morgan fingerprint density at radius 3 is 2.12 bits per heavy atom. The molecule has 13 nitrogen and oxygen atoms in total. The van der Waals surface area contributed by atoms with Gasteiger partial charge in [-0.15, -0.1) is 0 Å². The first-order valence-electron chi connectivity index (χ1n) is 15.4. The third-order valence-electron chi connectivity index (χ3n) is 4.74. The van der Waals surface area contributed by atoms with Crippen LogP contribution in [0.1, 0.15) is 60.0 Å². The summed E-state index contributed by atoms with van der Waals surface area (Å²) in [4.78, 5) is 26.6. The molecule has 0 amide bonds. The van der Waals surface area contributed by atoms with E-state index in [1.165, 1.54) is 18.2 Å². The van der Waals surface area contributed by atoms with E-state index in [0.29, 0.717) is 24.5 Å². The number of esters is 2. The van der Waals surface area contributed by atoms with Gasteiger partial charge >= 0.3 is 11.9 Å². The molecule has 0 saturated heterocycles. The number of nitrogens with one attached hydrogen (secondary N) is 1. The monoisotopic (exact) mass is 600 g/mol. The SMILES string of the molecule is CCOC(=O)c1cc(CN(C)C)[nH]n1.[2H]C([2H])([2H])OS(=O)(=O)c1ccc(C)cc1.[2H]C([2H])([2H])n1nc(CN(C)C)cc1C(=O)OCC. The first-order chi connectivity index (χ1) is 21.6. The number of aromatic nitrogens is 4. The van der Waals surface area contributed by atoms with Crippen LogP contribution in [0.25, 0.3) is 0 Å². The summed E-state index contributed by atoms with van der Waals surface area (Å²) in [6.45, 7) is 4.47. The largest absolute Gasteiger partial charge is 0.461 e. The predicted octanol–water partition coefficient (Wildman–Crippen LogP) is 2.64. The number of hydrogen-bond acceptors (Lipinski definition) is 11. The average molecular weight is 601 g/mol. The van der Waals surface area contributed by atoms with Gasteiger partial charge in [-0.05, 0) is 73.2 Å². The van der Waals surface area contributed by atoms with Gasteiger partial charge in [0.05, 0.1) is 40.6 Å². The van der Waals surface area contributed by atoms with E-state index in [0.717, 1.165) is 22.5 Å². The number of hydrogen-bond donors (Lipinski definition) is 1. The number of carbonyl (C=O) groups excluding carboxylic acids is 2. The second kappa shape index (κ2) is 17.3. The lowest BCUT2D eigenvalue weighted by molar-refractivity contribution is 0.0506. The van der Waals surface area contributed by atoms with Crippen LogP contribution in [0.15, 0.2) is 41.3 Å². The van der Waals surface area contributed by atoms with Crippen LogP contribution in [0.5, 0.6) is 0 Å². The van der Waals surface area contributed by atoms with Gasteiger partial charge in [-0.25, -0.2) is 9.59 Å². The van der Waals surface area contributed by atoms with E-state index in [1.54, 1.807) is 39.0 Å². The molecule has 1 aromatic carbocycles. The van der Waals surface area contributed by atoms with E-state index in [9.17, 15) is 18.0 Å². The standard InChI is InChI=1S/C10H17N3O2.C9H15N3O2.C8H10O3S/c1-5-15-10(14)9-6-8(7-12(2)3)11-13(9)4;1-4-14-9(13)8-5-7(10-11-8)6-12(2)3;1-7-3-5-8(6-4-7)12(9,10)11-2/h6H,5,7H2,1-4H3;5H,4,6H2,1-3H3,(H,10,11);3-6H,1-2H3/i4D3;;2D3. The van der Waals surface area contributed by atoms with Crippen molar-refractivity contribution in [2.75, 3.05) is 48.4 Å². The van der Waals surface area contributed by atoms with Crippen LogP contribution >= 0.6 is 0 Å². The Kier molecular flexibility index (Phi) is 11.1. The van der Waals surface area contributed by atoms with Crippen molar-refractivity contribution in [2.24, 2.45) is 6.98 Å². The predicted molar refractivity (Wildman–Crippen MR) is 154 cm³/mol. The molecule has 41 heavy (non-hydrogen) atoms. The number of H-pyrrole nitrogens is 1. The summed E-state index contributed by atoms with van der Waals surface area (Å²) >= 11 is 0. The molecule has 2 heterocycles. The summed E-state index contributed by atoms with van der Waals surface area (Å²) in [5, 5.41) is 10.6. The lowest BCUT2D eigenvalue weighted by Gasteiger charge is -2.05. The number of rotatable bonds is 10. The number of carbonyl (C=O) groups is 2. The van der Waals surface area contributed by atoms with Gasteiger partial charge in [-0.2, -0.15) is 18.6 Å². The maximum atomic E-state index is 11.7. The smallest absolute Gasteiger partial charge is 0.358 e. The second-order valence-electron chi connectivity index (χ2n) is 8.98. The molecule has 0 spiro atoms. The van der Waals surface area contributed by atoms with Crippen molar-refractivity contribution >= 4 is 22.1 Å². The average Bonchev–Trinajstić information content (AvgIpc) is 3.55. The number of nitrogens with zero attached hydrogens (tertiary/aromatic N) is 5. The lowest BCUT2D eigenvalue weighted by atomic mass is 10.2. The topological polar surface area (TPSA) is 149 Å². The molecule has 0 unspecified atom stereocenters. The molecule has 0 saturated carbocycles. The van der Waals surface area contributed by atoms with Crippen molar-refractivity contribution in [1.29, 1.82) is 0 Å². The number of ether oxygens (including phenoxy) is 2. The van der Waals surface area contributed by atoms with E-state index < -0.39 is 30.1 Å². The zero-order valence-electron chi connectivity index (χ0n) is 30.3. The Bertz CT molecular complexity index is 1540. The Balaban J connectivity index is 0.000000356. The van der Waals surface area contributed by atoms with E-state index in [-0.39, 0.29) is 23.2 Å². The summed E-state index contributed by atoms with van der Waals surface area (Å²) in [6, 6.07) is 8.89. The van der Waals surface area contributed by atoms with Crippen molar-refractivity contribution in [3.8, 4) is 0 Å². The van der Waals surface area contributed by atoms with Crippen LogP contribution in [-0.2, 0) is 43.8 Å². The summed E-state index contributed by atoms with van der Waals surface area (Å²) in [6.07, 6.45) is 0. The summed E-state index contributed by atoms with van der Waals surface area (Å²) in [5.41, 5.74) is 2.58. The fourth-order valence-corrected chi connectivity index (χ4v) is 3.59. The molecule has 3 aromatic rings. The molecule has 228 valence electrons. The normalized spacial score (nSPS) is 13.7. The Labute approximate surface area is 250 Å². The molecule has 0 atom stereocenters. The van der Waals surface area contributed by atoms with Gasteiger partial charge in [0, 0.05) is 24.2 Å². The van der Waals surface area contributed by atoms with Gasteiger partial charge in [0.1, 0.15) is 5.69 Å². The van der Waals surface area contributed by atoms with Crippen LogP contribution in [0.3, 0.4) is 0 Å². The van der Waals surface area contributed by atoms with E-state index >= 15 is 0 Å². The first kappa shape index (κ1) is 26.3. The highest BCUT2D eigenvalue weighted by molar-refractivity contribution is 7.86. The molecule has 3 rings (SSSR count). The van der Waals surface area contributed by atoms with E-state index in [4.69, 9.17) is 17.7 Å². The van der Waals surface area contributed by atoms with E-state index in [2.05, 4.69) is 19.5 Å². The van der Waals surface area contributed by atoms with Crippen LogP contribution in [-0.4, -0.2) is 98.6 Å².